The van der Waals surface area contributed by atoms with Gasteiger partial charge in [0, 0.05) is 31.2 Å². The Kier molecular flexibility index (Phi) is 6.93. The molecule has 0 aliphatic carbocycles. The summed E-state index contributed by atoms with van der Waals surface area (Å²) in [6, 6.07) is 5.01. The third-order valence-corrected chi connectivity index (χ3v) is 3.50. The van der Waals surface area contributed by atoms with Gasteiger partial charge in [0.1, 0.15) is 5.82 Å². The van der Waals surface area contributed by atoms with Crippen LogP contribution in [0.25, 0.3) is 0 Å². The molecule has 0 aliphatic heterocycles. The Morgan fingerprint density at radius 3 is 2.15 bits per heavy atom. The van der Waals surface area contributed by atoms with Crippen LogP contribution in [0.4, 0.5) is 4.39 Å². The molecule has 2 N–H and O–H groups in total. The van der Waals surface area contributed by atoms with Gasteiger partial charge in [0.25, 0.3) is 0 Å². The number of nitrogens with zero attached hydrogens (tertiary/aromatic N) is 1. The molecule has 0 radical (unpaired) electrons. The highest BCUT2D eigenvalue weighted by atomic mass is 35.5. The molecule has 0 bridgehead atoms. The summed E-state index contributed by atoms with van der Waals surface area (Å²) in [5, 5.41) is 0.162. The lowest BCUT2D eigenvalue weighted by molar-refractivity contribution is 0.157. The second-order valence-electron chi connectivity index (χ2n) is 6.14. The van der Waals surface area contributed by atoms with Crippen LogP contribution in [0.2, 0.25) is 5.02 Å². The van der Waals surface area contributed by atoms with Crippen LogP contribution in [0.15, 0.2) is 18.2 Å². The second kappa shape index (κ2) is 7.96. The van der Waals surface area contributed by atoms with Crippen LogP contribution in [0.1, 0.15) is 39.3 Å². The van der Waals surface area contributed by atoms with E-state index in [1.165, 1.54) is 0 Å². The molecule has 0 amide bonds. The number of hydrogen-bond acceptors (Lipinski definition) is 2. The van der Waals surface area contributed by atoms with E-state index in [2.05, 4.69) is 32.6 Å². The van der Waals surface area contributed by atoms with Crippen molar-refractivity contribution in [1.82, 2.24) is 4.90 Å². The Bertz CT molecular complexity index is 411. The van der Waals surface area contributed by atoms with Crippen LogP contribution in [-0.2, 0) is 0 Å². The molecule has 20 heavy (non-hydrogen) atoms. The van der Waals surface area contributed by atoms with Gasteiger partial charge in [-0.1, -0.05) is 51.4 Å². The van der Waals surface area contributed by atoms with Crippen LogP contribution in [0.3, 0.4) is 0 Å². The Hall–Kier alpha value is -0.640. The van der Waals surface area contributed by atoms with Crippen molar-refractivity contribution >= 4 is 11.6 Å². The van der Waals surface area contributed by atoms with E-state index >= 15 is 0 Å². The summed E-state index contributed by atoms with van der Waals surface area (Å²) in [5.74, 6) is 0.664. The first-order chi connectivity index (χ1) is 9.36. The van der Waals surface area contributed by atoms with Crippen molar-refractivity contribution < 1.29 is 4.39 Å². The Balaban J connectivity index is 3.08. The molecule has 1 atom stereocenters. The zero-order valence-corrected chi connectivity index (χ0v) is 13.6. The first-order valence-electron chi connectivity index (χ1n) is 7.24. The summed E-state index contributed by atoms with van der Waals surface area (Å²) in [6.07, 6.45) is 0. The maximum atomic E-state index is 14.3. The van der Waals surface area contributed by atoms with Crippen molar-refractivity contribution in [3.63, 3.8) is 0 Å². The summed E-state index contributed by atoms with van der Waals surface area (Å²) >= 11 is 5.90. The molecule has 0 spiro atoms. The SMILES string of the molecule is CC(C)CN(CC(C)C)C(CN)c1cccc(Cl)c1F. The lowest BCUT2D eigenvalue weighted by Gasteiger charge is -2.34. The molecule has 1 rings (SSSR count). The average Bonchev–Trinajstić information content (AvgIpc) is 2.33. The minimum absolute atomic E-state index is 0.126. The molecular weight excluding hydrogens is 275 g/mol. The van der Waals surface area contributed by atoms with E-state index in [0.717, 1.165) is 13.1 Å². The van der Waals surface area contributed by atoms with Crippen LogP contribution >= 0.6 is 11.6 Å². The molecule has 0 aliphatic rings. The van der Waals surface area contributed by atoms with Gasteiger partial charge in [-0.2, -0.15) is 0 Å². The van der Waals surface area contributed by atoms with Crippen molar-refractivity contribution in [1.29, 1.82) is 0 Å². The van der Waals surface area contributed by atoms with E-state index in [9.17, 15) is 4.39 Å². The van der Waals surface area contributed by atoms with Crippen molar-refractivity contribution in [2.24, 2.45) is 17.6 Å². The lowest BCUT2D eigenvalue weighted by atomic mass is 10.0. The molecule has 1 aromatic carbocycles. The van der Waals surface area contributed by atoms with Crippen molar-refractivity contribution in [3.8, 4) is 0 Å². The predicted molar refractivity (Wildman–Crippen MR) is 84.5 cm³/mol. The van der Waals surface area contributed by atoms with Gasteiger partial charge in [0.05, 0.1) is 5.02 Å². The Morgan fingerprint density at radius 1 is 1.15 bits per heavy atom. The molecular formula is C16H26ClFN2. The van der Waals surface area contributed by atoms with Gasteiger partial charge in [-0.15, -0.1) is 0 Å². The van der Waals surface area contributed by atoms with Gasteiger partial charge in [-0.05, 0) is 17.9 Å². The molecule has 1 aromatic rings. The molecule has 0 heterocycles. The number of halogens is 2. The van der Waals surface area contributed by atoms with Gasteiger partial charge in [-0.25, -0.2) is 4.39 Å². The third kappa shape index (κ3) is 4.72. The standard InChI is InChI=1S/C16H26ClFN2/c1-11(2)9-20(10-12(3)4)15(8-19)13-6-5-7-14(17)16(13)18/h5-7,11-12,15H,8-10,19H2,1-4H3. The number of hydrogen-bond donors (Lipinski definition) is 1. The summed E-state index contributed by atoms with van der Waals surface area (Å²) in [4.78, 5) is 2.27. The van der Waals surface area contributed by atoms with Crippen molar-refractivity contribution in [3.05, 3.63) is 34.6 Å². The minimum Gasteiger partial charge on any atom is -0.329 e. The summed E-state index contributed by atoms with van der Waals surface area (Å²) in [6.45, 7) is 10.8. The zero-order chi connectivity index (χ0) is 15.3. The fourth-order valence-electron chi connectivity index (χ4n) is 2.52. The van der Waals surface area contributed by atoms with Crippen LogP contribution < -0.4 is 5.73 Å². The van der Waals surface area contributed by atoms with Gasteiger partial charge >= 0.3 is 0 Å². The smallest absolute Gasteiger partial charge is 0.146 e. The quantitative estimate of drug-likeness (QED) is 0.821. The van der Waals surface area contributed by atoms with E-state index in [4.69, 9.17) is 17.3 Å². The molecule has 4 heteroatoms. The Morgan fingerprint density at radius 2 is 1.70 bits per heavy atom. The van der Waals surface area contributed by atoms with Crippen molar-refractivity contribution in [2.75, 3.05) is 19.6 Å². The zero-order valence-electron chi connectivity index (χ0n) is 12.9. The van der Waals surface area contributed by atoms with E-state index in [0.29, 0.717) is 23.9 Å². The van der Waals surface area contributed by atoms with Crippen molar-refractivity contribution in [2.45, 2.75) is 33.7 Å². The molecule has 114 valence electrons. The molecule has 1 unspecified atom stereocenters. The molecule has 0 saturated carbocycles. The first-order valence-corrected chi connectivity index (χ1v) is 7.62. The third-order valence-electron chi connectivity index (χ3n) is 3.20. The van der Waals surface area contributed by atoms with Crippen LogP contribution in [-0.4, -0.2) is 24.5 Å². The highest BCUT2D eigenvalue weighted by molar-refractivity contribution is 6.30. The first kappa shape index (κ1) is 17.4. The summed E-state index contributed by atoms with van der Waals surface area (Å²) in [5.41, 5.74) is 6.52. The highest BCUT2D eigenvalue weighted by Crippen LogP contribution is 2.28. The number of benzene rings is 1. The monoisotopic (exact) mass is 300 g/mol. The lowest BCUT2D eigenvalue weighted by Crippen LogP contribution is -2.39. The Labute approximate surface area is 127 Å². The van der Waals surface area contributed by atoms with E-state index in [-0.39, 0.29) is 16.9 Å². The average molecular weight is 301 g/mol. The largest absolute Gasteiger partial charge is 0.329 e. The van der Waals surface area contributed by atoms with Gasteiger partial charge in [-0.3, -0.25) is 4.90 Å². The van der Waals surface area contributed by atoms with E-state index in [1.54, 1.807) is 18.2 Å². The van der Waals surface area contributed by atoms with Gasteiger partial charge in [0.2, 0.25) is 0 Å². The van der Waals surface area contributed by atoms with E-state index in [1.807, 2.05) is 0 Å². The normalized spacial score (nSPS) is 13.5. The second-order valence-corrected chi connectivity index (χ2v) is 6.54. The van der Waals surface area contributed by atoms with Crippen LogP contribution in [0.5, 0.6) is 0 Å². The number of rotatable bonds is 7. The highest BCUT2D eigenvalue weighted by Gasteiger charge is 2.24. The maximum absolute atomic E-state index is 14.3. The molecule has 0 saturated heterocycles. The molecule has 0 fully saturated rings. The van der Waals surface area contributed by atoms with Gasteiger partial charge in [0.15, 0.2) is 0 Å². The maximum Gasteiger partial charge on any atom is 0.146 e. The van der Waals surface area contributed by atoms with Crippen LogP contribution in [0, 0.1) is 17.7 Å². The predicted octanol–water partition coefficient (Wildman–Crippen LogP) is 4.09. The van der Waals surface area contributed by atoms with Gasteiger partial charge < -0.3 is 5.73 Å². The summed E-state index contributed by atoms with van der Waals surface area (Å²) in [7, 11) is 0. The van der Waals surface area contributed by atoms with E-state index < -0.39 is 0 Å². The topological polar surface area (TPSA) is 29.3 Å². The number of nitrogens with two attached hydrogens (primary N) is 1. The minimum atomic E-state index is -0.345. The fourth-order valence-corrected chi connectivity index (χ4v) is 2.70. The molecule has 2 nitrogen and oxygen atoms in total. The fraction of sp³-hybridized carbons (Fsp3) is 0.625. The summed E-state index contributed by atoms with van der Waals surface area (Å²) < 4.78 is 14.3. The molecule has 0 aromatic heterocycles.